The highest BCUT2D eigenvalue weighted by atomic mass is 16.3. The minimum atomic E-state index is 0.0644. The van der Waals surface area contributed by atoms with Crippen molar-refractivity contribution < 1.29 is 5.11 Å². The number of aliphatic hydroxyl groups is 1. The summed E-state index contributed by atoms with van der Waals surface area (Å²) in [6.07, 6.45) is 1.73. The Morgan fingerprint density at radius 2 is 2.23 bits per heavy atom. The molecule has 0 aliphatic heterocycles. The zero-order chi connectivity index (χ0) is 9.84. The summed E-state index contributed by atoms with van der Waals surface area (Å²) in [5.41, 5.74) is 1.99. The van der Waals surface area contributed by atoms with Crippen LogP contribution in [0.3, 0.4) is 0 Å². The quantitative estimate of drug-likeness (QED) is 0.762. The molecule has 1 N–H and O–H groups in total. The third-order valence-electron chi connectivity index (χ3n) is 2.24. The van der Waals surface area contributed by atoms with Crippen LogP contribution in [0.25, 0.3) is 0 Å². The van der Waals surface area contributed by atoms with Gasteiger partial charge in [-0.3, -0.25) is 0 Å². The van der Waals surface area contributed by atoms with Crippen molar-refractivity contribution in [1.29, 1.82) is 0 Å². The maximum atomic E-state index is 8.95. The van der Waals surface area contributed by atoms with Crippen LogP contribution in [0.4, 0.5) is 5.82 Å². The Balaban J connectivity index is 2.95. The van der Waals surface area contributed by atoms with E-state index in [0.717, 1.165) is 23.5 Å². The molecular weight excluding hydrogens is 164 g/mol. The number of anilines is 1. The average Bonchev–Trinajstić information content (AvgIpc) is 2.16. The summed E-state index contributed by atoms with van der Waals surface area (Å²) in [7, 11) is 2.00. The van der Waals surface area contributed by atoms with Gasteiger partial charge in [-0.15, -0.1) is 0 Å². The number of hydrogen-bond donors (Lipinski definition) is 1. The van der Waals surface area contributed by atoms with E-state index in [1.54, 1.807) is 6.20 Å². The maximum absolute atomic E-state index is 8.95. The Morgan fingerprint density at radius 1 is 1.54 bits per heavy atom. The van der Waals surface area contributed by atoms with Gasteiger partial charge in [0, 0.05) is 19.8 Å². The Kier molecular flexibility index (Phi) is 3.25. The predicted molar refractivity (Wildman–Crippen MR) is 53.8 cm³/mol. The maximum Gasteiger partial charge on any atom is 0.128 e. The van der Waals surface area contributed by atoms with Gasteiger partial charge >= 0.3 is 0 Å². The Morgan fingerprint density at radius 3 is 2.69 bits per heavy atom. The second-order valence-electron chi connectivity index (χ2n) is 3.14. The molecule has 0 spiro atoms. The second kappa shape index (κ2) is 4.23. The molecule has 13 heavy (non-hydrogen) atoms. The van der Waals surface area contributed by atoms with Gasteiger partial charge in [0.25, 0.3) is 0 Å². The van der Waals surface area contributed by atoms with E-state index in [4.69, 9.17) is 5.11 Å². The molecule has 0 radical (unpaired) electrons. The third kappa shape index (κ3) is 2.18. The number of pyridine rings is 1. The fourth-order valence-electron chi connectivity index (χ4n) is 1.11. The molecule has 1 heterocycles. The molecular formula is C10H16N2O. The van der Waals surface area contributed by atoms with Crippen LogP contribution in [0.15, 0.2) is 12.3 Å². The first kappa shape index (κ1) is 9.99. The summed E-state index contributed by atoms with van der Waals surface area (Å²) >= 11 is 0. The van der Waals surface area contributed by atoms with Crippen molar-refractivity contribution in [2.45, 2.75) is 20.5 Å². The van der Waals surface area contributed by atoms with Gasteiger partial charge in [0.15, 0.2) is 0 Å². The lowest BCUT2D eigenvalue weighted by Gasteiger charge is -2.16. The van der Waals surface area contributed by atoms with E-state index in [9.17, 15) is 0 Å². The summed E-state index contributed by atoms with van der Waals surface area (Å²) in [6, 6.07) is 2.00. The van der Waals surface area contributed by atoms with Gasteiger partial charge in [0.05, 0.1) is 6.61 Å². The molecule has 0 unspecified atom stereocenters. The Hall–Kier alpha value is -1.09. The van der Waals surface area contributed by atoms with Crippen molar-refractivity contribution >= 4 is 5.82 Å². The molecule has 0 saturated heterocycles. The van der Waals surface area contributed by atoms with Gasteiger partial charge in [0.2, 0.25) is 0 Å². The van der Waals surface area contributed by atoms with Crippen molar-refractivity contribution in [3.63, 3.8) is 0 Å². The highest BCUT2D eigenvalue weighted by Crippen LogP contribution is 2.14. The van der Waals surface area contributed by atoms with Crippen LogP contribution in [0.1, 0.15) is 18.1 Å². The van der Waals surface area contributed by atoms with Crippen LogP contribution in [-0.2, 0) is 6.61 Å². The lowest BCUT2D eigenvalue weighted by Crippen LogP contribution is -2.17. The monoisotopic (exact) mass is 180 g/mol. The fraction of sp³-hybridized carbons (Fsp3) is 0.500. The van der Waals surface area contributed by atoms with Crippen molar-refractivity contribution in [2.24, 2.45) is 0 Å². The molecule has 72 valence electrons. The molecule has 0 fully saturated rings. The van der Waals surface area contributed by atoms with E-state index < -0.39 is 0 Å². The Labute approximate surface area is 79.0 Å². The zero-order valence-corrected chi connectivity index (χ0v) is 8.41. The van der Waals surface area contributed by atoms with Gasteiger partial charge < -0.3 is 10.0 Å². The van der Waals surface area contributed by atoms with E-state index >= 15 is 0 Å². The molecule has 0 amide bonds. The van der Waals surface area contributed by atoms with Crippen LogP contribution in [0, 0.1) is 6.92 Å². The van der Waals surface area contributed by atoms with Gasteiger partial charge in [-0.25, -0.2) is 4.98 Å². The standard InChI is InChI=1S/C10H16N2O/c1-4-12(3)10-5-8(2)9(7-13)6-11-10/h5-6,13H,4,7H2,1-3H3. The van der Waals surface area contributed by atoms with Crippen LogP contribution >= 0.6 is 0 Å². The molecule has 0 saturated carbocycles. The molecule has 1 aromatic rings. The van der Waals surface area contributed by atoms with Gasteiger partial charge in [0.1, 0.15) is 5.82 Å². The van der Waals surface area contributed by atoms with E-state index in [2.05, 4.69) is 16.8 Å². The molecule has 3 nitrogen and oxygen atoms in total. The molecule has 1 rings (SSSR count). The minimum absolute atomic E-state index is 0.0644. The van der Waals surface area contributed by atoms with Crippen LogP contribution < -0.4 is 4.90 Å². The number of aryl methyl sites for hydroxylation is 1. The second-order valence-corrected chi connectivity index (χ2v) is 3.14. The number of rotatable bonds is 3. The molecule has 3 heteroatoms. The van der Waals surface area contributed by atoms with E-state index in [0.29, 0.717) is 0 Å². The first-order chi connectivity index (χ1) is 6.19. The topological polar surface area (TPSA) is 36.4 Å². The summed E-state index contributed by atoms with van der Waals surface area (Å²) < 4.78 is 0. The molecule has 0 bridgehead atoms. The van der Waals surface area contributed by atoms with Gasteiger partial charge in [-0.2, -0.15) is 0 Å². The van der Waals surface area contributed by atoms with Crippen LogP contribution in [0.2, 0.25) is 0 Å². The van der Waals surface area contributed by atoms with Crippen molar-refractivity contribution in [3.05, 3.63) is 23.4 Å². The molecule has 1 aromatic heterocycles. The first-order valence-electron chi connectivity index (χ1n) is 4.46. The summed E-state index contributed by atoms with van der Waals surface area (Å²) in [6.45, 7) is 5.07. The smallest absolute Gasteiger partial charge is 0.128 e. The average molecular weight is 180 g/mol. The fourth-order valence-corrected chi connectivity index (χ4v) is 1.11. The Bertz CT molecular complexity index is 286. The number of hydrogen-bond acceptors (Lipinski definition) is 3. The summed E-state index contributed by atoms with van der Waals surface area (Å²) in [4.78, 5) is 6.31. The number of nitrogens with zero attached hydrogens (tertiary/aromatic N) is 2. The molecule has 0 aliphatic rings. The molecule has 0 aliphatic carbocycles. The molecule has 0 aromatic carbocycles. The highest BCUT2D eigenvalue weighted by molar-refractivity contribution is 5.42. The summed E-state index contributed by atoms with van der Waals surface area (Å²) in [5, 5.41) is 8.95. The zero-order valence-electron chi connectivity index (χ0n) is 8.41. The van der Waals surface area contributed by atoms with E-state index in [1.807, 2.05) is 20.0 Å². The van der Waals surface area contributed by atoms with E-state index in [-0.39, 0.29) is 6.61 Å². The minimum Gasteiger partial charge on any atom is -0.392 e. The predicted octanol–water partition coefficient (Wildman–Crippen LogP) is 1.34. The summed E-state index contributed by atoms with van der Waals surface area (Å²) in [5.74, 6) is 0.956. The van der Waals surface area contributed by atoms with Crippen molar-refractivity contribution in [1.82, 2.24) is 4.98 Å². The number of aliphatic hydroxyl groups excluding tert-OH is 1. The van der Waals surface area contributed by atoms with Crippen LogP contribution in [-0.4, -0.2) is 23.7 Å². The van der Waals surface area contributed by atoms with Crippen LogP contribution in [0.5, 0.6) is 0 Å². The highest BCUT2D eigenvalue weighted by Gasteiger charge is 2.02. The lowest BCUT2D eigenvalue weighted by atomic mass is 10.1. The number of aromatic nitrogens is 1. The lowest BCUT2D eigenvalue weighted by molar-refractivity contribution is 0.280. The first-order valence-corrected chi connectivity index (χ1v) is 4.46. The van der Waals surface area contributed by atoms with Crippen molar-refractivity contribution in [2.75, 3.05) is 18.5 Å². The SMILES string of the molecule is CCN(C)c1cc(C)c(CO)cn1. The van der Waals surface area contributed by atoms with Gasteiger partial charge in [-0.1, -0.05) is 0 Å². The normalized spacial score (nSPS) is 10.2. The molecule has 0 atom stereocenters. The van der Waals surface area contributed by atoms with Crippen molar-refractivity contribution in [3.8, 4) is 0 Å². The van der Waals surface area contributed by atoms with Gasteiger partial charge in [-0.05, 0) is 31.0 Å². The van der Waals surface area contributed by atoms with E-state index in [1.165, 1.54) is 0 Å². The third-order valence-corrected chi connectivity index (χ3v) is 2.24. The largest absolute Gasteiger partial charge is 0.392 e.